The van der Waals surface area contributed by atoms with Crippen LogP contribution in [0.25, 0.3) is 0 Å². The predicted molar refractivity (Wildman–Crippen MR) is 185 cm³/mol. The highest BCUT2D eigenvalue weighted by atomic mass is 16.5. The van der Waals surface area contributed by atoms with Crippen molar-refractivity contribution in [1.29, 1.82) is 0 Å². The summed E-state index contributed by atoms with van der Waals surface area (Å²) in [5.41, 5.74) is 1.67. The number of benzene rings is 4. The number of carbonyl (C=O) groups is 4. The van der Waals surface area contributed by atoms with Gasteiger partial charge in [0.1, 0.15) is 29.3 Å². The average molecular weight is 663 g/mol. The third-order valence-electron chi connectivity index (χ3n) is 8.78. The third-order valence-corrected chi connectivity index (χ3v) is 8.78. The van der Waals surface area contributed by atoms with Crippen molar-refractivity contribution in [2.45, 2.75) is 39.8 Å². The Morgan fingerprint density at radius 2 is 0.980 bits per heavy atom. The second-order valence-corrected chi connectivity index (χ2v) is 12.3. The SMILES string of the molecule is CCCN(Cc1ccc(Oc2ccccc2)cc1)C(=O)[C@H]1[C@@H](C(=O)O)[C@H](C=O)[C@@H]1C(=O)N(CCC)Cc1ccc(Oc2ccccc2)cc1. The molecule has 0 saturated heterocycles. The van der Waals surface area contributed by atoms with Crippen LogP contribution in [0.4, 0.5) is 0 Å². The summed E-state index contributed by atoms with van der Waals surface area (Å²) in [5.74, 6) is -3.99. The van der Waals surface area contributed by atoms with Gasteiger partial charge < -0.3 is 29.2 Å². The summed E-state index contributed by atoms with van der Waals surface area (Å²) in [4.78, 5) is 56.3. The summed E-state index contributed by atoms with van der Waals surface area (Å²) in [7, 11) is 0. The predicted octanol–water partition coefficient (Wildman–Crippen LogP) is 7.21. The van der Waals surface area contributed by atoms with E-state index in [1.54, 1.807) is 9.80 Å². The number of hydrogen-bond acceptors (Lipinski definition) is 6. The zero-order chi connectivity index (χ0) is 34.8. The molecule has 2 amide bonds. The van der Waals surface area contributed by atoms with Crippen LogP contribution in [-0.2, 0) is 32.3 Å². The quantitative estimate of drug-likeness (QED) is 0.126. The van der Waals surface area contributed by atoms with Gasteiger partial charge in [-0.1, -0.05) is 74.5 Å². The molecule has 4 aromatic rings. The first-order valence-corrected chi connectivity index (χ1v) is 16.7. The van der Waals surface area contributed by atoms with Crippen molar-refractivity contribution in [2.75, 3.05) is 13.1 Å². The van der Waals surface area contributed by atoms with Crippen LogP contribution < -0.4 is 9.47 Å². The minimum Gasteiger partial charge on any atom is -0.481 e. The Hall–Kier alpha value is -5.44. The molecule has 1 N–H and O–H groups in total. The van der Waals surface area contributed by atoms with Crippen LogP contribution in [-0.4, -0.2) is 52.1 Å². The molecule has 0 aliphatic heterocycles. The van der Waals surface area contributed by atoms with Gasteiger partial charge in [-0.15, -0.1) is 0 Å². The topological polar surface area (TPSA) is 113 Å². The summed E-state index contributed by atoms with van der Waals surface area (Å²) < 4.78 is 11.8. The van der Waals surface area contributed by atoms with Crippen LogP contribution in [0.15, 0.2) is 109 Å². The molecular weight excluding hydrogens is 620 g/mol. The van der Waals surface area contributed by atoms with Crippen molar-refractivity contribution < 1.29 is 33.8 Å². The number of para-hydroxylation sites is 2. The standard InChI is InChI=1S/C40H42N2O7/c1-3-23-41(25-28-15-19-32(20-16-28)48-30-11-7-5-8-12-30)38(44)35-34(27-43)36(40(46)47)37(35)39(45)42(24-4-2)26-29-17-21-33(22-18-29)49-31-13-9-6-10-14-31/h5-22,27,34-37H,3-4,23-26H2,1-2H3,(H,46,47)/t34-,35+,36+,37-/m1/s1. The first-order valence-electron chi connectivity index (χ1n) is 16.7. The summed E-state index contributed by atoms with van der Waals surface area (Å²) in [5, 5.41) is 10.1. The normalized spacial score (nSPS) is 18.1. The van der Waals surface area contributed by atoms with Crippen LogP contribution >= 0.6 is 0 Å². The van der Waals surface area contributed by atoms with Gasteiger partial charge in [0.05, 0.1) is 17.8 Å². The number of amides is 2. The molecule has 1 aliphatic carbocycles. The monoisotopic (exact) mass is 662 g/mol. The van der Waals surface area contributed by atoms with Crippen molar-refractivity contribution in [3.8, 4) is 23.0 Å². The van der Waals surface area contributed by atoms with E-state index in [-0.39, 0.29) is 13.1 Å². The highest BCUT2D eigenvalue weighted by molar-refractivity contribution is 5.98. The molecule has 0 radical (unpaired) electrons. The molecule has 1 fully saturated rings. The molecule has 1 aliphatic rings. The Balaban J connectivity index is 1.32. The van der Waals surface area contributed by atoms with Crippen LogP contribution in [0.3, 0.4) is 0 Å². The van der Waals surface area contributed by atoms with Gasteiger partial charge >= 0.3 is 5.97 Å². The van der Waals surface area contributed by atoms with Crippen molar-refractivity contribution in [3.63, 3.8) is 0 Å². The molecule has 5 rings (SSSR count). The van der Waals surface area contributed by atoms with Gasteiger partial charge in [-0.2, -0.15) is 0 Å². The Kier molecular flexibility index (Phi) is 11.8. The number of carboxylic acids is 1. The van der Waals surface area contributed by atoms with Gasteiger partial charge in [0.2, 0.25) is 11.8 Å². The largest absolute Gasteiger partial charge is 0.481 e. The minimum absolute atomic E-state index is 0.226. The molecule has 49 heavy (non-hydrogen) atoms. The molecule has 0 spiro atoms. The number of carboxylic acid groups (broad SMARTS) is 1. The Labute approximate surface area is 287 Å². The second-order valence-electron chi connectivity index (χ2n) is 12.3. The number of aliphatic carboxylic acids is 1. The van der Waals surface area contributed by atoms with E-state index in [1.165, 1.54) is 0 Å². The Morgan fingerprint density at radius 3 is 1.35 bits per heavy atom. The molecule has 4 aromatic carbocycles. The van der Waals surface area contributed by atoms with E-state index in [0.29, 0.717) is 55.2 Å². The Bertz CT molecular complexity index is 1690. The van der Waals surface area contributed by atoms with Gasteiger partial charge in [-0.25, -0.2) is 0 Å². The fraction of sp³-hybridized carbons (Fsp3) is 0.300. The molecule has 0 aromatic heterocycles. The smallest absolute Gasteiger partial charge is 0.308 e. The number of carbonyl (C=O) groups excluding carboxylic acids is 3. The average Bonchev–Trinajstić information content (AvgIpc) is 3.10. The molecule has 9 nitrogen and oxygen atoms in total. The maximum Gasteiger partial charge on any atom is 0.308 e. The maximum absolute atomic E-state index is 14.2. The third kappa shape index (κ3) is 8.54. The van der Waals surface area contributed by atoms with Crippen LogP contribution in [0.2, 0.25) is 0 Å². The van der Waals surface area contributed by atoms with Gasteiger partial charge in [-0.05, 0) is 72.5 Å². The molecule has 1 saturated carbocycles. The number of rotatable bonds is 16. The highest BCUT2D eigenvalue weighted by Gasteiger charge is 2.61. The number of hydrogen-bond donors (Lipinski definition) is 1. The lowest BCUT2D eigenvalue weighted by atomic mass is 9.56. The van der Waals surface area contributed by atoms with Crippen molar-refractivity contribution in [1.82, 2.24) is 9.80 Å². The number of aldehydes is 1. The lowest BCUT2D eigenvalue weighted by molar-refractivity contribution is -0.179. The van der Waals surface area contributed by atoms with E-state index in [1.807, 2.05) is 123 Å². The maximum atomic E-state index is 14.2. The molecular formula is C40H42N2O7. The van der Waals surface area contributed by atoms with E-state index < -0.39 is 41.5 Å². The first-order chi connectivity index (χ1) is 23.8. The molecule has 254 valence electrons. The molecule has 0 unspecified atom stereocenters. The second kappa shape index (κ2) is 16.6. The van der Waals surface area contributed by atoms with E-state index >= 15 is 0 Å². The number of ether oxygens (including phenoxy) is 2. The lowest BCUT2D eigenvalue weighted by Gasteiger charge is -2.48. The number of nitrogens with zero attached hydrogens (tertiary/aromatic N) is 2. The summed E-state index contributed by atoms with van der Waals surface area (Å²) in [6, 6.07) is 33.5. The van der Waals surface area contributed by atoms with Crippen LogP contribution in [0, 0.1) is 23.7 Å². The van der Waals surface area contributed by atoms with E-state index in [4.69, 9.17) is 9.47 Å². The van der Waals surface area contributed by atoms with Gasteiger partial charge in [0, 0.05) is 32.1 Å². The zero-order valence-corrected chi connectivity index (χ0v) is 27.8. The minimum atomic E-state index is -1.28. The fourth-order valence-electron chi connectivity index (χ4n) is 6.40. The van der Waals surface area contributed by atoms with E-state index in [2.05, 4.69) is 0 Å². The van der Waals surface area contributed by atoms with Crippen LogP contribution in [0.5, 0.6) is 23.0 Å². The van der Waals surface area contributed by atoms with Crippen molar-refractivity contribution >= 4 is 24.1 Å². The van der Waals surface area contributed by atoms with E-state index in [0.717, 1.165) is 11.1 Å². The van der Waals surface area contributed by atoms with Gasteiger partial charge in [0.15, 0.2) is 0 Å². The van der Waals surface area contributed by atoms with Gasteiger partial charge in [0.25, 0.3) is 0 Å². The van der Waals surface area contributed by atoms with Crippen molar-refractivity contribution in [3.05, 3.63) is 120 Å². The van der Waals surface area contributed by atoms with Crippen molar-refractivity contribution in [2.24, 2.45) is 23.7 Å². The molecule has 4 atom stereocenters. The molecule has 9 heteroatoms. The summed E-state index contributed by atoms with van der Waals surface area (Å²) >= 11 is 0. The van der Waals surface area contributed by atoms with Gasteiger partial charge in [-0.3, -0.25) is 14.4 Å². The lowest BCUT2D eigenvalue weighted by Crippen LogP contribution is -2.62. The molecule has 0 bridgehead atoms. The fourth-order valence-corrected chi connectivity index (χ4v) is 6.40. The molecule has 0 heterocycles. The van der Waals surface area contributed by atoms with Crippen LogP contribution in [0.1, 0.15) is 37.8 Å². The zero-order valence-electron chi connectivity index (χ0n) is 27.8. The van der Waals surface area contributed by atoms with E-state index in [9.17, 15) is 24.3 Å². The summed E-state index contributed by atoms with van der Waals surface area (Å²) in [6.07, 6.45) is 1.81. The highest BCUT2D eigenvalue weighted by Crippen LogP contribution is 2.48. The first kappa shape index (κ1) is 34.9. The summed E-state index contributed by atoms with van der Waals surface area (Å²) in [6.45, 7) is 5.10. The Morgan fingerprint density at radius 1 is 0.592 bits per heavy atom.